The zero-order valence-corrected chi connectivity index (χ0v) is 10.7. The van der Waals surface area contributed by atoms with Crippen LogP contribution in [0.4, 0.5) is 0 Å². The van der Waals surface area contributed by atoms with Crippen LogP contribution in [0.3, 0.4) is 0 Å². The van der Waals surface area contributed by atoms with E-state index in [0.29, 0.717) is 6.42 Å². The highest BCUT2D eigenvalue weighted by Gasteiger charge is 2.29. The van der Waals surface area contributed by atoms with Crippen LogP contribution in [0.25, 0.3) is 0 Å². The summed E-state index contributed by atoms with van der Waals surface area (Å²) in [6.07, 6.45) is 1.41. The van der Waals surface area contributed by atoms with Gasteiger partial charge in [0, 0.05) is 4.32 Å². The van der Waals surface area contributed by atoms with Crippen LogP contribution >= 0.6 is 15.9 Å². The van der Waals surface area contributed by atoms with E-state index in [2.05, 4.69) is 48.4 Å². The molecule has 0 radical (unpaired) electrons. The van der Waals surface area contributed by atoms with Gasteiger partial charge in [0.1, 0.15) is 0 Å². The van der Waals surface area contributed by atoms with Crippen molar-refractivity contribution >= 4 is 21.9 Å². The van der Waals surface area contributed by atoms with Gasteiger partial charge in [0.25, 0.3) is 0 Å². The summed E-state index contributed by atoms with van der Waals surface area (Å²) in [6, 6.07) is 0. The molecule has 0 fully saturated rings. The predicted octanol–water partition coefficient (Wildman–Crippen LogP) is 3.14. The fourth-order valence-electron chi connectivity index (χ4n) is 1.66. The summed E-state index contributed by atoms with van der Waals surface area (Å²) in [6.45, 7) is 8.36. The summed E-state index contributed by atoms with van der Waals surface area (Å²) in [7, 11) is 1.43. The molecule has 0 bridgehead atoms. The van der Waals surface area contributed by atoms with Crippen LogP contribution in [0, 0.1) is 5.41 Å². The van der Waals surface area contributed by atoms with Gasteiger partial charge in [0.15, 0.2) is 0 Å². The number of carbonyl (C=O) groups excluding carboxylic acids is 1. The molecule has 0 aliphatic carbocycles. The molecule has 0 aromatic carbocycles. The zero-order valence-electron chi connectivity index (χ0n) is 9.11. The zero-order chi connectivity index (χ0) is 10.7. The van der Waals surface area contributed by atoms with Gasteiger partial charge in [-0.1, -0.05) is 43.6 Å². The van der Waals surface area contributed by atoms with Crippen molar-refractivity contribution in [3.8, 4) is 0 Å². The minimum absolute atomic E-state index is 0.0138. The maximum Gasteiger partial charge on any atom is 0.306 e. The van der Waals surface area contributed by atoms with Gasteiger partial charge >= 0.3 is 5.97 Å². The van der Waals surface area contributed by atoms with E-state index < -0.39 is 0 Å². The number of ether oxygens (including phenoxy) is 1. The minimum Gasteiger partial charge on any atom is -0.469 e. The highest BCUT2D eigenvalue weighted by Crippen LogP contribution is 2.35. The lowest BCUT2D eigenvalue weighted by Gasteiger charge is -2.30. The maximum absolute atomic E-state index is 11.1. The van der Waals surface area contributed by atoms with Crippen molar-refractivity contribution in [2.24, 2.45) is 5.41 Å². The summed E-state index contributed by atoms with van der Waals surface area (Å²) in [5.74, 6) is -0.137. The van der Waals surface area contributed by atoms with E-state index in [0.717, 1.165) is 6.42 Å². The Bertz CT molecular complexity index is 180. The largest absolute Gasteiger partial charge is 0.469 e. The van der Waals surface area contributed by atoms with E-state index in [9.17, 15) is 4.79 Å². The SMILES string of the molecule is COC(=O)CC(C)(C)CC(C)(C)Br. The highest BCUT2D eigenvalue weighted by molar-refractivity contribution is 9.10. The fraction of sp³-hybridized carbons (Fsp3) is 0.900. The van der Waals surface area contributed by atoms with Crippen molar-refractivity contribution in [1.29, 1.82) is 0 Å². The van der Waals surface area contributed by atoms with E-state index >= 15 is 0 Å². The van der Waals surface area contributed by atoms with Crippen LogP contribution < -0.4 is 0 Å². The molecule has 0 saturated carbocycles. The second-order valence-corrected chi connectivity index (χ2v) is 6.96. The van der Waals surface area contributed by atoms with E-state index in [4.69, 9.17) is 0 Å². The van der Waals surface area contributed by atoms with Gasteiger partial charge in [-0.15, -0.1) is 0 Å². The molecule has 13 heavy (non-hydrogen) atoms. The van der Waals surface area contributed by atoms with Crippen LogP contribution in [-0.4, -0.2) is 17.4 Å². The summed E-state index contributed by atoms with van der Waals surface area (Å²) in [5, 5.41) is 0. The van der Waals surface area contributed by atoms with Gasteiger partial charge in [-0.3, -0.25) is 4.79 Å². The van der Waals surface area contributed by atoms with Gasteiger partial charge in [0.2, 0.25) is 0 Å². The summed E-state index contributed by atoms with van der Waals surface area (Å²) >= 11 is 3.57. The number of methoxy groups -OCH3 is 1. The number of rotatable bonds is 4. The molecule has 0 unspecified atom stereocenters. The third kappa shape index (κ3) is 7.05. The fourth-order valence-corrected chi connectivity index (χ4v) is 2.42. The molecule has 0 saturated heterocycles. The van der Waals surface area contributed by atoms with Crippen molar-refractivity contribution in [1.82, 2.24) is 0 Å². The molecular formula is C10H19BrO2. The third-order valence-corrected chi connectivity index (χ3v) is 2.03. The standard InChI is InChI=1S/C10H19BrO2/c1-9(2,6-8(12)13-5)7-10(3,4)11/h6-7H2,1-5H3. The van der Waals surface area contributed by atoms with Gasteiger partial charge < -0.3 is 4.74 Å². The summed E-state index contributed by atoms with van der Waals surface area (Å²) in [4.78, 5) is 11.1. The van der Waals surface area contributed by atoms with Gasteiger partial charge in [0.05, 0.1) is 13.5 Å². The third-order valence-electron chi connectivity index (χ3n) is 1.75. The van der Waals surface area contributed by atoms with Crippen molar-refractivity contribution < 1.29 is 9.53 Å². The summed E-state index contributed by atoms with van der Waals surface area (Å²) < 4.78 is 4.72. The van der Waals surface area contributed by atoms with Crippen LogP contribution in [0.2, 0.25) is 0 Å². The Balaban J connectivity index is 4.16. The lowest BCUT2D eigenvalue weighted by Crippen LogP contribution is -2.26. The molecule has 0 rings (SSSR count). The molecule has 0 spiro atoms. The highest BCUT2D eigenvalue weighted by atomic mass is 79.9. The quantitative estimate of drug-likeness (QED) is 0.566. The van der Waals surface area contributed by atoms with Crippen LogP contribution in [-0.2, 0) is 9.53 Å². The predicted molar refractivity (Wildman–Crippen MR) is 58.0 cm³/mol. The van der Waals surface area contributed by atoms with Crippen molar-refractivity contribution in [2.45, 2.75) is 44.9 Å². The Kier molecular flexibility index (Phi) is 4.43. The maximum atomic E-state index is 11.1. The molecule has 0 N–H and O–H groups in total. The number of hydrogen-bond acceptors (Lipinski definition) is 2. The normalized spacial score (nSPS) is 12.8. The average Bonchev–Trinajstić information content (AvgIpc) is 1.80. The number of alkyl halides is 1. The van der Waals surface area contributed by atoms with Gasteiger partial charge in [-0.2, -0.15) is 0 Å². The molecule has 0 aliphatic heterocycles. The Labute approximate surface area is 89.2 Å². The molecule has 3 heteroatoms. The molecule has 78 valence electrons. The topological polar surface area (TPSA) is 26.3 Å². The number of halogens is 1. The van der Waals surface area contributed by atoms with E-state index in [1.165, 1.54) is 7.11 Å². The monoisotopic (exact) mass is 250 g/mol. The van der Waals surface area contributed by atoms with Crippen LogP contribution in [0.5, 0.6) is 0 Å². The Morgan fingerprint density at radius 2 is 1.77 bits per heavy atom. The number of esters is 1. The van der Waals surface area contributed by atoms with Crippen molar-refractivity contribution in [3.63, 3.8) is 0 Å². The van der Waals surface area contributed by atoms with E-state index in [1.54, 1.807) is 0 Å². The van der Waals surface area contributed by atoms with E-state index in [1.807, 2.05) is 0 Å². The molecule has 0 atom stereocenters. The Hall–Kier alpha value is -0.0500. The van der Waals surface area contributed by atoms with Crippen molar-refractivity contribution in [3.05, 3.63) is 0 Å². The molecule has 0 amide bonds. The molecule has 0 aliphatic rings. The first-order chi connectivity index (χ1) is 5.66. The first-order valence-corrected chi connectivity index (χ1v) is 5.21. The van der Waals surface area contributed by atoms with Crippen LogP contribution in [0.1, 0.15) is 40.5 Å². The molecular weight excluding hydrogens is 232 g/mol. The molecule has 0 aromatic rings. The Morgan fingerprint density at radius 3 is 2.08 bits per heavy atom. The molecule has 0 aromatic heterocycles. The molecule has 2 nitrogen and oxygen atoms in total. The van der Waals surface area contributed by atoms with Gasteiger partial charge in [-0.05, 0) is 11.8 Å². The van der Waals surface area contributed by atoms with Crippen molar-refractivity contribution in [2.75, 3.05) is 7.11 Å². The van der Waals surface area contributed by atoms with Gasteiger partial charge in [-0.25, -0.2) is 0 Å². The van der Waals surface area contributed by atoms with E-state index in [-0.39, 0.29) is 15.7 Å². The minimum atomic E-state index is -0.137. The lowest BCUT2D eigenvalue weighted by atomic mass is 9.81. The number of carbonyl (C=O) groups is 1. The average molecular weight is 251 g/mol. The lowest BCUT2D eigenvalue weighted by molar-refractivity contribution is -0.143. The van der Waals surface area contributed by atoms with Crippen LogP contribution in [0.15, 0.2) is 0 Å². The number of hydrogen-bond donors (Lipinski definition) is 0. The first kappa shape index (κ1) is 12.9. The smallest absolute Gasteiger partial charge is 0.306 e. The summed E-state index contributed by atoms with van der Waals surface area (Å²) in [5.41, 5.74) is -0.0138. The Morgan fingerprint density at radius 1 is 1.31 bits per heavy atom. The second-order valence-electron chi connectivity index (χ2n) is 4.81. The first-order valence-electron chi connectivity index (χ1n) is 4.42. The molecule has 0 heterocycles. The second kappa shape index (κ2) is 4.45.